The number of carboxylic acids is 1. The number of nitrogens with one attached hydrogen (secondary N) is 3. The third kappa shape index (κ3) is 12.7. The van der Waals surface area contributed by atoms with Crippen LogP contribution in [0.4, 0.5) is 0 Å². The van der Waals surface area contributed by atoms with E-state index in [1.807, 2.05) is 0 Å². The van der Waals surface area contributed by atoms with E-state index in [1.165, 1.54) is 0 Å². The first-order valence-corrected chi connectivity index (χ1v) is 11.5. The molecule has 0 aromatic rings. The molecule has 0 aliphatic heterocycles. The molecule has 0 heterocycles. The number of carboxylic acid groups (broad SMARTS) is 1. The monoisotopic (exact) mass is 501 g/mol. The van der Waals surface area contributed by atoms with Crippen LogP contribution in [0.5, 0.6) is 0 Å². The molecular weight excluding hydrogens is 462 g/mol. The summed E-state index contributed by atoms with van der Waals surface area (Å²) in [6.45, 7) is 3.80. The van der Waals surface area contributed by atoms with Gasteiger partial charge in [-0.3, -0.25) is 24.0 Å². The van der Waals surface area contributed by atoms with Crippen LogP contribution in [-0.4, -0.2) is 71.3 Å². The molecular formula is C21H39N7O7. The van der Waals surface area contributed by atoms with E-state index in [0.717, 1.165) is 0 Å². The van der Waals surface area contributed by atoms with Crippen LogP contribution in [0.2, 0.25) is 0 Å². The molecule has 0 saturated carbocycles. The smallest absolute Gasteiger partial charge is 0.326 e. The van der Waals surface area contributed by atoms with Gasteiger partial charge in [0, 0.05) is 6.42 Å². The Morgan fingerprint density at radius 2 is 1.37 bits per heavy atom. The largest absolute Gasteiger partial charge is 0.480 e. The number of primary amides is 2. The van der Waals surface area contributed by atoms with E-state index in [0.29, 0.717) is 25.8 Å². The highest BCUT2D eigenvalue weighted by Gasteiger charge is 2.32. The molecule has 0 saturated heterocycles. The molecule has 0 rings (SSSR count). The van der Waals surface area contributed by atoms with Gasteiger partial charge in [-0.1, -0.05) is 20.3 Å². The van der Waals surface area contributed by atoms with Gasteiger partial charge in [0.2, 0.25) is 29.5 Å². The number of nitrogens with two attached hydrogens (primary N) is 4. The fraction of sp³-hybridized carbons (Fsp3) is 0.714. The molecule has 5 unspecified atom stereocenters. The van der Waals surface area contributed by atoms with Gasteiger partial charge in [0.15, 0.2) is 0 Å². The van der Waals surface area contributed by atoms with Crippen LogP contribution in [0.25, 0.3) is 0 Å². The predicted octanol–water partition coefficient (Wildman–Crippen LogP) is -2.83. The molecule has 0 fully saturated rings. The summed E-state index contributed by atoms with van der Waals surface area (Å²) in [4.78, 5) is 72.0. The molecule has 14 nitrogen and oxygen atoms in total. The number of hydrogen-bond donors (Lipinski definition) is 8. The topological polar surface area (TPSA) is 263 Å². The van der Waals surface area contributed by atoms with Crippen LogP contribution >= 0.6 is 0 Å². The lowest BCUT2D eigenvalue weighted by atomic mass is 9.98. The van der Waals surface area contributed by atoms with Crippen molar-refractivity contribution < 1.29 is 33.9 Å². The van der Waals surface area contributed by atoms with E-state index in [1.54, 1.807) is 13.8 Å². The van der Waals surface area contributed by atoms with Gasteiger partial charge in [-0.15, -0.1) is 0 Å². The molecule has 5 amide bonds. The summed E-state index contributed by atoms with van der Waals surface area (Å²) in [5, 5.41) is 16.8. The van der Waals surface area contributed by atoms with E-state index in [2.05, 4.69) is 16.0 Å². The predicted molar refractivity (Wildman–Crippen MR) is 126 cm³/mol. The average molecular weight is 502 g/mol. The summed E-state index contributed by atoms with van der Waals surface area (Å²) < 4.78 is 0. The second-order valence-electron chi connectivity index (χ2n) is 8.40. The van der Waals surface area contributed by atoms with Crippen molar-refractivity contribution in [3.63, 3.8) is 0 Å². The molecule has 5 atom stereocenters. The van der Waals surface area contributed by atoms with Gasteiger partial charge in [0.25, 0.3) is 0 Å². The normalized spacial score (nSPS) is 15.1. The summed E-state index contributed by atoms with van der Waals surface area (Å²) in [6, 6.07) is -4.93. The Morgan fingerprint density at radius 3 is 1.86 bits per heavy atom. The minimum absolute atomic E-state index is 0.152. The maximum Gasteiger partial charge on any atom is 0.326 e. The molecule has 14 heteroatoms. The highest BCUT2D eigenvalue weighted by molar-refractivity contribution is 5.95. The van der Waals surface area contributed by atoms with Crippen molar-refractivity contribution in [2.75, 3.05) is 6.54 Å². The first kappa shape index (κ1) is 31.7. The zero-order chi connectivity index (χ0) is 27.1. The Kier molecular flexibility index (Phi) is 14.9. The third-order valence-electron chi connectivity index (χ3n) is 5.43. The van der Waals surface area contributed by atoms with E-state index in [-0.39, 0.29) is 25.2 Å². The van der Waals surface area contributed by atoms with Crippen molar-refractivity contribution >= 4 is 35.5 Å². The molecule has 0 radical (unpaired) electrons. The SMILES string of the molecule is CCC(C)C(NC(=O)C(CCCCN)NC(=O)C(CCC(N)=O)NC(=O)C(N)CC(N)=O)C(=O)O. The van der Waals surface area contributed by atoms with E-state index in [9.17, 15) is 33.9 Å². The Bertz CT molecular complexity index is 762. The Hall–Kier alpha value is -3.26. The van der Waals surface area contributed by atoms with Crippen LogP contribution in [0.1, 0.15) is 58.8 Å². The van der Waals surface area contributed by atoms with Crippen LogP contribution in [0.15, 0.2) is 0 Å². The van der Waals surface area contributed by atoms with Crippen LogP contribution in [0.3, 0.4) is 0 Å². The average Bonchev–Trinajstić information content (AvgIpc) is 2.77. The lowest BCUT2D eigenvalue weighted by molar-refractivity contribution is -0.144. The number of carbonyl (C=O) groups excluding carboxylic acids is 5. The summed E-state index contributed by atoms with van der Waals surface area (Å²) in [5.74, 6) is -5.52. The summed E-state index contributed by atoms with van der Waals surface area (Å²) in [7, 11) is 0. The quantitative estimate of drug-likeness (QED) is 0.0898. The van der Waals surface area contributed by atoms with Gasteiger partial charge in [-0.25, -0.2) is 4.79 Å². The minimum atomic E-state index is -1.33. The maximum atomic E-state index is 13.0. The fourth-order valence-corrected chi connectivity index (χ4v) is 3.11. The molecule has 12 N–H and O–H groups in total. The molecule has 0 aliphatic rings. The highest BCUT2D eigenvalue weighted by atomic mass is 16.4. The van der Waals surface area contributed by atoms with Gasteiger partial charge in [-0.2, -0.15) is 0 Å². The molecule has 0 aromatic carbocycles. The van der Waals surface area contributed by atoms with E-state index in [4.69, 9.17) is 22.9 Å². The first-order valence-electron chi connectivity index (χ1n) is 11.5. The summed E-state index contributed by atoms with van der Waals surface area (Å²) in [5.41, 5.74) is 21.3. The van der Waals surface area contributed by atoms with Gasteiger partial charge < -0.3 is 44.0 Å². The van der Waals surface area contributed by atoms with Crippen molar-refractivity contribution in [3.05, 3.63) is 0 Å². The van der Waals surface area contributed by atoms with Gasteiger partial charge >= 0.3 is 5.97 Å². The second kappa shape index (κ2) is 16.4. The van der Waals surface area contributed by atoms with Gasteiger partial charge in [0.05, 0.1) is 12.5 Å². The molecule has 0 bridgehead atoms. The summed E-state index contributed by atoms with van der Waals surface area (Å²) >= 11 is 0. The van der Waals surface area contributed by atoms with Crippen molar-refractivity contribution in [2.45, 2.75) is 83.0 Å². The summed E-state index contributed by atoms with van der Waals surface area (Å²) in [6.07, 6.45) is 0.731. The van der Waals surface area contributed by atoms with Crippen LogP contribution in [0, 0.1) is 5.92 Å². The molecule has 35 heavy (non-hydrogen) atoms. The zero-order valence-corrected chi connectivity index (χ0v) is 20.2. The van der Waals surface area contributed by atoms with E-state index >= 15 is 0 Å². The number of unbranched alkanes of at least 4 members (excludes halogenated alkanes) is 1. The number of carbonyl (C=O) groups is 6. The molecule has 200 valence electrons. The number of aliphatic carboxylic acids is 1. The van der Waals surface area contributed by atoms with Crippen molar-refractivity contribution in [3.8, 4) is 0 Å². The van der Waals surface area contributed by atoms with Crippen molar-refractivity contribution in [1.29, 1.82) is 0 Å². The second-order valence-corrected chi connectivity index (χ2v) is 8.40. The number of hydrogen-bond acceptors (Lipinski definition) is 8. The molecule has 0 spiro atoms. The van der Waals surface area contributed by atoms with Crippen LogP contribution in [-0.2, 0) is 28.8 Å². The van der Waals surface area contributed by atoms with Crippen LogP contribution < -0.4 is 38.9 Å². The number of amides is 5. The van der Waals surface area contributed by atoms with E-state index < -0.39 is 66.1 Å². The van der Waals surface area contributed by atoms with Gasteiger partial charge in [0.1, 0.15) is 18.1 Å². The maximum absolute atomic E-state index is 13.0. The fourth-order valence-electron chi connectivity index (χ4n) is 3.11. The Balaban J connectivity index is 5.63. The molecule has 0 aromatic heterocycles. The minimum Gasteiger partial charge on any atom is -0.480 e. The number of rotatable bonds is 18. The lowest BCUT2D eigenvalue weighted by Gasteiger charge is -2.26. The Labute approximate surface area is 204 Å². The van der Waals surface area contributed by atoms with Gasteiger partial charge in [-0.05, 0) is 38.1 Å². The first-order chi connectivity index (χ1) is 16.3. The standard InChI is InChI=1S/C21H39N7O7/c1-3-11(2)17(21(34)35)28-20(33)13(6-4-5-9-22)27-19(32)14(7-8-15(24)29)26-18(31)12(23)10-16(25)30/h11-14,17H,3-10,22-23H2,1-2H3,(H2,24,29)(H2,25,30)(H,26,31)(H,27,32)(H,28,33)(H,34,35). The Morgan fingerprint density at radius 1 is 0.829 bits per heavy atom. The third-order valence-corrected chi connectivity index (χ3v) is 5.43. The highest BCUT2D eigenvalue weighted by Crippen LogP contribution is 2.10. The lowest BCUT2D eigenvalue weighted by Crippen LogP contribution is -2.58. The zero-order valence-electron chi connectivity index (χ0n) is 20.2. The van der Waals surface area contributed by atoms with Crippen molar-refractivity contribution in [1.82, 2.24) is 16.0 Å². The molecule has 0 aliphatic carbocycles. The van der Waals surface area contributed by atoms with Crippen molar-refractivity contribution in [2.24, 2.45) is 28.9 Å².